The summed E-state index contributed by atoms with van der Waals surface area (Å²) in [7, 11) is 0. The van der Waals surface area contributed by atoms with E-state index in [9.17, 15) is 4.79 Å². The van der Waals surface area contributed by atoms with Crippen molar-refractivity contribution >= 4 is 34.2 Å². The number of hydrogen-bond donors (Lipinski definition) is 0. The summed E-state index contributed by atoms with van der Waals surface area (Å²) in [6.45, 7) is 6.57. The molecule has 4 nitrogen and oxygen atoms in total. The van der Waals surface area contributed by atoms with Crippen molar-refractivity contribution in [2.45, 2.75) is 38.9 Å². The van der Waals surface area contributed by atoms with Crippen LogP contribution in [0.3, 0.4) is 0 Å². The van der Waals surface area contributed by atoms with Crippen molar-refractivity contribution in [3.8, 4) is 5.75 Å². The number of amides is 1. The van der Waals surface area contributed by atoms with Crippen LogP contribution in [-0.2, 0) is 11.3 Å². The molecule has 4 rings (SSSR count). The Kier molecular flexibility index (Phi) is 5.61. The number of benzene rings is 3. The minimum atomic E-state index is -0.570. The summed E-state index contributed by atoms with van der Waals surface area (Å²) < 4.78 is 11.9. The van der Waals surface area contributed by atoms with Gasteiger partial charge in [-0.3, -0.25) is 4.90 Å². The van der Waals surface area contributed by atoms with Crippen LogP contribution in [-0.4, -0.2) is 24.1 Å². The van der Waals surface area contributed by atoms with E-state index in [1.54, 1.807) is 4.90 Å². The number of fused-ring (bicyclic) bond motifs is 3. The van der Waals surface area contributed by atoms with E-state index in [2.05, 4.69) is 12.1 Å². The van der Waals surface area contributed by atoms with Crippen molar-refractivity contribution in [1.82, 2.24) is 0 Å². The Bertz CT molecular complexity index is 1060. The molecule has 0 bridgehead atoms. The van der Waals surface area contributed by atoms with Crippen LogP contribution in [0.15, 0.2) is 60.7 Å². The van der Waals surface area contributed by atoms with Crippen molar-refractivity contribution in [3.05, 3.63) is 71.8 Å². The third kappa shape index (κ3) is 4.10. The van der Waals surface area contributed by atoms with Gasteiger partial charge in [0.1, 0.15) is 18.0 Å². The summed E-state index contributed by atoms with van der Waals surface area (Å²) in [6, 6.07) is 20.1. The predicted octanol–water partition coefficient (Wildman–Crippen LogP) is 6.50. The number of alkyl halides is 1. The van der Waals surface area contributed by atoms with Gasteiger partial charge in [-0.25, -0.2) is 4.79 Å². The minimum absolute atomic E-state index is 0.0438. The standard InChI is InChI=1S/C25H26ClNO3/c1-25(2,3)30-24(28)27-15-18(14-26)23-20-12-8-7-11-19(20)22(13-21(23)27)29-16-17-9-5-4-6-10-17/h4-13,18H,14-16H2,1-3H3/t18-/m0/s1. The number of carbonyl (C=O) groups is 1. The molecule has 0 fully saturated rings. The molecule has 30 heavy (non-hydrogen) atoms. The lowest BCUT2D eigenvalue weighted by Crippen LogP contribution is -2.36. The maximum absolute atomic E-state index is 12.9. The molecule has 0 spiro atoms. The van der Waals surface area contributed by atoms with Gasteiger partial charge >= 0.3 is 6.09 Å². The molecule has 1 aliphatic heterocycles. The molecule has 3 aromatic carbocycles. The highest BCUT2D eigenvalue weighted by Crippen LogP contribution is 2.46. The first-order valence-corrected chi connectivity index (χ1v) is 10.7. The second-order valence-electron chi connectivity index (χ2n) is 8.57. The van der Waals surface area contributed by atoms with Crippen molar-refractivity contribution in [2.24, 2.45) is 0 Å². The van der Waals surface area contributed by atoms with E-state index in [1.807, 2.05) is 69.3 Å². The Morgan fingerprint density at radius 3 is 2.40 bits per heavy atom. The molecule has 0 aromatic heterocycles. The summed E-state index contributed by atoms with van der Waals surface area (Å²) in [5, 5.41) is 2.09. The van der Waals surface area contributed by atoms with Crippen LogP contribution in [0.5, 0.6) is 5.75 Å². The summed E-state index contributed by atoms with van der Waals surface area (Å²) in [5.74, 6) is 1.22. The van der Waals surface area contributed by atoms with Gasteiger partial charge in [0.05, 0.1) is 5.69 Å². The van der Waals surface area contributed by atoms with E-state index in [0.717, 1.165) is 33.3 Å². The van der Waals surface area contributed by atoms with Crippen molar-refractivity contribution < 1.29 is 14.3 Å². The number of carbonyl (C=O) groups excluding carboxylic acids is 1. The highest BCUT2D eigenvalue weighted by molar-refractivity contribution is 6.19. The van der Waals surface area contributed by atoms with E-state index >= 15 is 0 Å². The summed E-state index contributed by atoms with van der Waals surface area (Å²) >= 11 is 6.31. The molecule has 1 heterocycles. The monoisotopic (exact) mass is 423 g/mol. The molecule has 1 amide bonds. The molecule has 0 saturated carbocycles. The first-order valence-electron chi connectivity index (χ1n) is 10.2. The van der Waals surface area contributed by atoms with Crippen LogP contribution in [0.2, 0.25) is 0 Å². The van der Waals surface area contributed by atoms with E-state index in [0.29, 0.717) is 19.0 Å². The number of nitrogens with zero attached hydrogens (tertiary/aromatic N) is 1. The molecule has 0 unspecified atom stereocenters. The third-order valence-corrected chi connectivity index (χ3v) is 5.54. The number of rotatable bonds is 4. The first-order chi connectivity index (χ1) is 14.4. The van der Waals surface area contributed by atoms with Gasteiger partial charge in [0.25, 0.3) is 0 Å². The van der Waals surface area contributed by atoms with E-state index in [1.165, 1.54) is 0 Å². The van der Waals surface area contributed by atoms with Gasteiger partial charge in [-0.2, -0.15) is 0 Å². The molecule has 156 valence electrons. The summed E-state index contributed by atoms with van der Waals surface area (Å²) in [4.78, 5) is 14.6. The number of anilines is 1. The largest absolute Gasteiger partial charge is 0.488 e. The zero-order valence-electron chi connectivity index (χ0n) is 17.5. The highest BCUT2D eigenvalue weighted by atomic mass is 35.5. The topological polar surface area (TPSA) is 38.8 Å². The van der Waals surface area contributed by atoms with Crippen LogP contribution in [0.25, 0.3) is 10.8 Å². The molecule has 5 heteroatoms. The smallest absolute Gasteiger partial charge is 0.414 e. The molecule has 0 aliphatic carbocycles. The Labute approximate surface area is 182 Å². The number of hydrogen-bond acceptors (Lipinski definition) is 3. The Hall–Kier alpha value is -2.72. The van der Waals surface area contributed by atoms with Gasteiger partial charge in [0.15, 0.2) is 0 Å². The van der Waals surface area contributed by atoms with Crippen molar-refractivity contribution in [1.29, 1.82) is 0 Å². The van der Waals surface area contributed by atoms with Crippen LogP contribution >= 0.6 is 11.6 Å². The Balaban J connectivity index is 1.77. The molecular formula is C25H26ClNO3. The van der Waals surface area contributed by atoms with Gasteiger partial charge in [-0.1, -0.05) is 54.6 Å². The molecule has 0 saturated heterocycles. The zero-order valence-corrected chi connectivity index (χ0v) is 18.3. The molecular weight excluding hydrogens is 398 g/mol. The van der Waals surface area contributed by atoms with Gasteiger partial charge < -0.3 is 9.47 Å². The lowest BCUT2D eigenvalue weighted by atomic mass is 9.95. The first kappa shape index (κ1) is 20.5. The lowest BCUT2D eigenvalue weighted by Gasteiger charge is -2.25. The van der Waals surface area contributed by atoms with Gasteiger partial charge in [0.2, 0.25) is 0 Å². The maximum atomic E-state index is 12.9. The fourth-order valence-corrected chi connectivity index (χ4v) is 4.14. The lowest BCUT2D eigenvalue weighted by molar-refractivity contribution is 0.0582. The minimum Gasteiger partial charge on any atom is -0.488 e. The molecule has 1 aliphatic rings. The van der Waals surface area contributed by atoms with Gasteiger partial charge in [-0.05, 0) is 37.3 Å². The number of ether oxygens (including phenoxy) is 2. The number of halogens is 1. The maximum Gasteiger partial charge on any atom is 0.414 e. The van der Waals surface area contributed by atoms with Crippen LogP contribution in [0.4, 0.5) is 10.5 Å². The quantitative estimate of drug-likeness (QED) is 0.450. The predicted molar refractivity (Wildman–Crippen MR) is 122 cm³/mol. The molecule has 1 atom stereocenters. The van der Waals surface area contributed by atoms with Gasteiger partial charge in [0, 0.05) is 29.8 Å². The van der Waals surface area contributed by atoms with Crippen LogP contribution in [0.1, 0.15) is 37.8 Å². The average molecular weight is 424 g/mol. The zero-order chi connectivity index (χ0) is 21.3. The molecule has 0 radical (unpaired) electrons. The van der Waals surface area contributed by atoms with Crippen molar-refractivity contribution in [3.63, 3.8) is 0 Å². The summed E-state index contributed by atoms with van der Waals surface area (Å²) in [5.41, 5.74) is 2.42. The second kappa shape index (κ2) is 8.19. The van der Waals surface area contributed by atoms with Crippen molar-refractivity contribution in [2.75, 3.05) is 17.3 Å². The highest BCUT2D eigenvalue weighted by Gasteiger charge is 2.36. The third-order valence-electron chi connectivity index (χ3n) is 5.17. The fourth-order valence-electron chi connectivity index (χ4n) is 3.88. The van der Waals surface area contributed by atoms with Crippen LogP contribution in [0, 0.1) is 0 Å². The van der Waals surface area contributed by atoms with E-state index < -0.39 is 5.60 Å². The SMILES string of the molecule is CC(C)(C)OC(=O)N1C[C@H](CCl)c2c1cc(OCc1ccccc1)c1ccccc21. The normalized spacial score (nSPS) is 15.9. The molecule has 3 aromatic rings. The van der Waals surface area contributed by atoms with Crippen LogP contribution < -0.4 is 9.64 Å². The molecule has 0 N–H and O–H groups in total. The second-order valence-corrected chi connectivity index (χ2v) is 8.88. The van der Waals surface area contributed by atoms with E-state index in [-0.39, 0.29) is 12.0 Å². The fraction of sp³-hybridized carbons (Fsp3) is 0.320. The Morgan fingerprint density at radius 1 is 1.07 bits per heavy atom. The Morgan fingerprint density at radius 2 is 1.73 bits per heavy atom. The van der Waals surface area contributed by atoms with E-state index in [4.69, 9.17) is 21.1 Å². The van der Waals surface area contributed by atoms with Gasteiger partial charge in [-0.15, -0.1) is 11.6 Å². The summed E-state index contributed by atoms with van der Waals surface area (Å²) in [6.07, 6.45) is -0.361. The average Bonchev–Trinajstić information content (AvgIpc) is 3.10.